The Labute approximate surface area is 187 Å². The van der Waals surface area contributed by atoms with E-state index in [0.29, 0.717) is 11.2 Å². The average Bonchev–Trinajstić information content (AvgIpc) is 3.38. The average molecular weight is 473 g/mol. The maximum absolute atomic E-state index is 13.2. The number of nitrogens with zero attached hydrogens (tertiary/aromatic N) is 5. The number of hydrogen-bond donors (Lipinski definition) is 0. The van der Waals surface area contributed by atoms with E-state index in [9.17, 15) is 26.9 Å². The molecule has 0 unspecified atom stereocenters. The number of hydrogen-bond acceptors (Lipinski definition) is 5. The second kappa shape index (κ2) is 6.81. The Bertz CT molecular complexity index is 1590. The highest BCUT2D eigenvalue weighted by Crippen LogP contribution is 2.48. The van der Waals surface area contributed by atoms with Crippen molar-refractivity contribution < 1.29 is 21.6 Å². The summed E-state index contributed by atoms with van der Waals surface area (Å²) < 4.78 is 68.5. The number of aryl methyl sites for hydroxylation is 1. The Morgan fingerprint density at radius 3 is 2.52 bits per heavy atom. The highest BCUT2D eigenvalue weighted by molar-refractivity contribution is 7.91. The smallest absolute Gasteiger partial charge is 0.326 e. The van der Waals surface area contributed by atoms with E-state index in [2.05, 4.69) is 16.0 Å². The Hall–Kier alpha value is -3.39. The monoisotopic (exact) mass is 473 g/mol. The molecule has 33 heavy (non-hydrogen) atoms. The van der Waals surface area contributed by atoms with Gasteiger partial charge < -0.3 is 4.57 Å². The van der Waals surface area contributed by atoms with Gasteiger partial charge in [-0.3, -0.25) is 4.40 Å². The van der Waals surface area contributed by atoms with Crippen LogP contribution < -0.4 is 0 Å². The highest BCUT2D eigenvalue weighted by Gasteiger charge is 2.45. The van der Waals surface area contributed by atoms with E-state index in [1.165, 1.54) is 22.0 Å². The third-order valence-electron chi connectivity index (χ3n) is 6.19. The van der Waals surface area contributed by atoms with Gasteiger partial charge >= 0.3 is 6.18 Å². The molecule has 0 spiro atoms. The number of pyridine rings is 1. The second-order valence-electron chi connectivity index (χ2n) is 8.20. The first-order valence-electron chi connectivity index (χ1n) is 10.2. The minimum atomic E-state index is -4.53. The first kappa shape index (κ1) is 21.5. The van der Waals surface area contributed by atoms with E-state index < -0.39 is 27.0 Å². The lowest BCUT2D eigenvalue weighted by atomic mass is 9.99. The van der Waals surface area contributed by atoms with E-state index in [-0.39, 0.29) is 27.8 Å². The van der Waals surface area contributed by atoms with Crippen molar-refractivity contribution in [2.24, 2.45) is 7.05 Å². The quantitative estimate of drug-likeness (QED) is 0.442. The summed E-state index contributed by atoms with van der Waals surface area (Å²) in [5.74, 6) is -0.0529. The van der Waals surface area contributed by atoms with Crippen LogP contribution in [0.5, 0.6) is 0 Å². The summed E-state index contributed by atoms with van der Waals surface area (Å²) in [5.41, 5.74) is 0.227. The predicted octanol–water partition coefficient (Wildman–Crippen LogP) is 4.26. The van der Waals surface area contributed by atoms with Crippen molar-refractivity contribution in [1.29, 1.82) is 5.26 Å². The molecule has 5 rings (SSSR count). The molecule has 1 aromatic carbocycles. The molecule has 1 fully saturated rings. The van der Waals surface area contributed by atoms with Crippen LogP contribution in [0.2, 0.25) is 0 Å². The van der Waals surface area contributed by atoms with Gasteiger partial charge in [0.25, 0.3) is 0 Å². The van der Waals surface area contributed by atoms with Crippen LogP contribution in [-0.2, 0) is 28.5 Å². The van der Waals surface area contributed by atoms with Crippen molar-refractivity contribution in [3.63, 3.8) is 0 Å². The number of benzene rings is 1. The summed E-state index contributed by atoms with van der Waals surface area (Å²) in [7, 11) is -2.18. The molecule has 11 heteroatoms. The summed E-state index contributed by atoms with van der Waals surface area (Å²) in [6.07, 6.45) is -1.51. The minimum Gasteiger partial charge on any atom is -0.326 e. The second-order valence-corrected chi connectivity index (χ2v) is 10.4. The van der Waals surface area contributed by atoms with Crippen molar-refractivity contribution >= 4 is 26.5 Å². The summed E-state index contributed by atoms with van der Waals surface area (Å²) in [5, 5.41) is 9.44. The summed E-state index contributed by atoms with van der Waals surface area (Å²) >= 11 is 0. The normalized spacial score (nSPS) is 15.8. The fourth-order valence-corrected chi connectivity index (χ4v) is 5.24. The molecule has 4 aromatic rings. The molecule has 0 saturated heterocycles. The lowest BCUT2D eigenvalue weighted by Crippen LogP contribution is -2.10. The lowest BCUT2D eigenvalue weighted by molar-refractivity contribution is -0.137. The molecule has 7 nitrogen and oxygen atoms in total. The number of imidazole rings is 2. The third kappa shape index (κ3) is 3.20. The molecule has 0 atom stereocenters. The molecule has 0 radical (unpaired) electrons. The maximum Gasteiger partial charge on any atom is 0.416 e. The maximum atomic E-state index is 13.2. The van der Waals surface area contributed by atoms with Crippen LogP contribution in [0.25, 0.3) is 28.2 Å². The van der Waals surface area contributed by atoms with E-state index in [1.54, 1.807) is 25.4 Å². The molecule has 3 aromatic heterocycles. The largest absolute Gasteiger partial charge is 0.416 e. The molecule has 0 bridgehead atoms. The molecular formula is C22H18F3N5O2S. The Morgan fingerprint density at radius 2 is 1.91 bits per heavy atom. The number of aromatic nitrogens is 4. The Kier molecular flexibility index (Phi) is 4.42. The number of rotatable bonds is 4. The van der Waals surface area contributed by atoms with Gasteiger partial charge in [0.15, 0.2) is 20.7 Å². The van der Waals surface area contributed by atoms with Crippen molar-refractivity contribution in [1.82, 2.24) is 18.9 Å². The van der Waals surface area contributed by atoms with Crippen LogP contribution in [0.4, 0.5) is 13.2 Å². The van der Waals surface area contributed by atoms with Gasteiger partial charge in [0.1, 0.15) is 11.3 Å². The zero-order valence-corrected chi connectivity index (χ0v) is 18.5. The first-order valence-corrected chi connectivity index (χ1v) is 11.9. The molecule has 0 aliphatic heterocycles. The van der Waals surface area contributed by atoms with Crippen LogP contribution in [0, 0.1) is 11.3 Å². The van der Waals surface area contributed by atoms with Crippen LogP contribution in [0.1, 0.15) is 30.9 Å². The van der Waals surface area contributed by atoms with Crippen molar-refractivity contribution in [2.45, 2.75) is 36.4 Å². The van der Waals surface area contributed by atoms with Gasteiger partial charge in [-0.05, 0) is 48.7 Å². The van der Waals surface area contributed by atoms with Crippen molar-refractivity contribution in [3.8, 4) is 17.6 Å². The lowest BCUT2D eigenvalue weighted by Gasteiger charge is -2.08. The standard InChI is InChI=1S/C22H18F3N5O2S/c1-3-33(31,32)20-18(28-17-11-13(6-9-30(17)20)21(12-26)7-8-21)19-27-15-10-14(22(23,24)25)4-5-16(15)29(19)2/h4-6,9-11H,3,7-8H2,1-2H3. The number of alkyl halides is 3. The van der Waals surface area contributed by atoms with Crippen LogP contribution in [-0.4, -0.2) is 33.1 Å². The van der Waals surface area contributed by atoms with Crippen LogP contribution in [0.15, 0.2) is 41.6 Å². The summed E-state index contributed by atoms with van der Waals surface area (Å²) in [4.78, 5) is 8.86. The summed E-state index contributed by atoms with van der Waals surface area (Å²) in [6.45, 7) is 1.51. The van der Waals surface area contributed by atoms with Gasteiger partial charge in [0.2, 0.25) is 0 Å². The zero-order chi connectivity index (χ0) is 23.8. The van der Waals surface area contributed by atoms with Crippen LogP contribution in [0.3, 0.4) is 0 Å². The number of fused-ring (bicyclic) bond motifs is 2. The van der Waals surface area contributed by atoms with Crippen molar-refractivity contribution in [3.05, 3.63) is 47.7 Å². The van der Waals surface area contributed by atoms with E-state index >= 15 is 0 Å². The van der Waals surface area contributed by atoms with Crippen molar-refractivity contribution in [2.75, 3.05) is 5.75 Å². The highest BCUT2D eigenvalue weighted by atomic mass is 32.2. The molecule has 0 amide bonds. The molecule has 0 N–H and O–H groups in total. The topological polar surface area (TPSA) is 93.0 Å². The van der Waals surface area contributed by atoms with Gasteiger partial charge in [0, 0.05) is 13.2 Å². The zero-order valence-electron chi connectivity index (χ0n) is 17.7. The van der Waals surface area contributed by atoms with Gasteiger partial charge in [-0.1, -0.05) is 6.92 Å². The third-order valence-corrected chi connectivity index (χ3v) is 7.93. The van der Waals surface area contributed by atoms with Gasteiger partial charge in [0.05, 0.1) is 33.8 Å². The molecular weight excluding hydrogens is 455 g/mol. The van der Waals surface area contributed by atoms with Crippen LogP contribution >= 0.6 is 0 Å². The van der Waals surface area contributed by atoms with Gasteiger partial charge in [-0.2, -0.15) is 18.4 Å². The molecule has 1 aliphatic rings. The van der Waals surface area contributed by atoms with E-state index in [4.69, 9.17) is 0 Å². The summed E-state index contributed by atoms with van der Waals surface area (Å²) in [6, 6.07) is 8.92. The number of halogens is 3. The fraction of sp³-hybridized carbons (Fsp3) is 0.318. The first-order chi connectivity index (χ1) is 15.5. The molecule has 3 heterocycles. The SMILES string of the molecule is CCS(=O)(=O)c1c(-c2nc3cc(C(F)(F)F)ccc3n2C)nc2cc(C3(C#N)CC3)ccn12. The Morgan fingerprint density at radius 1 is 1.18 bits per heavy atom. The van der Waals surface area contributed by atoms with Gasteiger partial charge in [-0.15, -0.1) is 0 Å². The van der Waals surface area contributed by atoms with E-state index in [1.807, 2.05) is 0 Å². The van der Waals surface area contributed by atoms with E-state index in [0.717, 1.165) is 30.5 Å². The van der Waals surface area contributed by atoms with Gasteiger partial charge in [-0.25, -0.2) is 18.4 Å². The number of nitriles is 1. The Balaban J connectivity index is 1.78. The minimum absolute atomic E-state index is 0.0584. The number of sulfone groups is 1. The molecule has 1 saturated carbocycles. The fourth-order valence-electron chi connectivity index (χ4n) is 4.08. The molecule has 170 valence electrons. The predicted molar refractivity (Wildman–Crippen MR) is 114 cm³/mol. The molecule has 1 aliphatic carbocycles.